The van der Waals surface area contributed by atoms with Crippen LogP contribution < -0.4 is 10.2 Å². The van der Waals surface area contributed by atoms with Crippen molar-refractivity contribution in [2.75, 3.05) is 23.4 Å². The van der Waals surface area contributed by atoms with Crippen molar-refractivity contribution < 1.29 is 31.1 Å². The van der Waals surface area contributed by atoms with Gasteiger partial charge in [-0.05, 0) is 74.7 Å². The second kappa shape index (κ2) is 10.8. The van der Waals surface area contributed by atoms with Crippen molar-refractivity contribution in [1.82, 2.24) is 4.98 Å². The van der Waals surface area contributed by atoms with Crippen LogP contribution in [0.5, 0.6) is 0 Å². The number of alkyl halides is 6. The summed E-state index contributed by atoms with van der Waals surface area (Å²) in [5.74, 6) is 0.754. The van der Waals surface area contributed by atoms with E-state index >= 15 is 0 Å². The van der Waals surface area contributed by atoms with E-state index in [-0.39, 0.29) is 24.3 Å². The molecule has 0 amide bonds. The summed E-state index contributed by atoms with van der Waals surface area (Å²) in [6.45, 7) is 4.19. The Morgan fingerprint density at radius 2 is 1.61 bits per heavy atom. The molecule has 4 nitrogen and oxygen atoms in total. The average Bonchev–Trinajstić information content (AvgIpc) is 2.88. The Morgan fingerprint density at radius 1 is 0.974 bits per heavy atom. The standard InChI is InChI=1S/C28H29F6N3O/c1-19(20-14-21(27(29,30)31)16-22(15-20)28(32,33)34)38-18-26(2)12-11-23(36-25-10-6-7-13-35-25)17-37(26)24-8-4-3-5-9-24/h3-10,13-16,19,23H,11-12,17-18H2,1-2H3,(H,35,36). The van der Waals surface area contributed by atoms with Crippen molar-refractivity contribution >= 4 is 11.5 Å². The summed E-state index contributed by atoms with van der Waals surface area (Å²) in [5.41, 5.74) is -2.48. The number of ether oxygens (including phenoxy) is 1. The molecule has 3 atom stereocenters. The first-order valence-corrected chi connectivity index (χ1v) is 12.3. The van der Waals surface area contributed by atoms with E-state index in [1.54, 1.807) is 6.20 Å². The summed E-state index contributed by atoms with van der Waals surface area (Å²) in [5, 5.41) is 3.44. The number of hydrogen-bond donors (Lipinski definition) is 1. The van der Waals surface area contributed by atoms with Gasteiger partial charge in [-0.15, -0.1) is 0 Å². The maximum absolute atomic E-state index is 13.3. The number of rotatable bonds is 7. The largest absolute Gasteiger partial charge is 0.416 e. The summed E-state index contributed by atoms with van der Waals surface area (Å²) in [7, 11) is 0. The third-order valence-electron chi connectivity index (χ3n) is 6.89. The Hall–Kier alpha value is -3.27. The molecule has 3 unspecified atom stereocenters. The second-order valence-corrected chi connectivity index (χ2v) is 9.83. The molecule has 0 spiro atoms. The van der Waals surface area contributed by atoms with Gasteiger partial charge in [0.1, 0.15) is 5.82 Å². The fourth-order valence-electron chi connectivity index (χ4n) is 4.72. The van der Waals surface area contributed by atoms with Crippen LogP contribution in [0.15, 0.2) is 72.9 Å². The molecule has 1 aliphatic heterocycles. The van der Waals surface area contributed by atoms with Gasteiger partial charge in [0.25, 0.3) is 0 Å². The summed E-state index contributed by atoms with van der Waals surface area (Å²) in [6, 6.07) is 16.9. The second-order valence-electron chi connectivity index (χ2n) is 9.83. The van der Waals surface area contributed by atoms with Gasteiger partial charge >= 0.3 is 12.4 Å². The summed E-state index contributed by atoms with van der Waals surface area (Å²) in [4.78, 5) is 6.51. The Bertz CT molecular complexity index is 1170. The molecule has 10 heteroatoms. The Balaban J connectivity index is 1.55. The molecule has 4 rings (SSSR count). The molecule has 0 aliphatic carbocycles. The lowest BCUT2D eigenvalue weighted by molar-refractivity contribution is -0.143. The lowest BCUT2D eigenvalue weighted by Gasteiger charge is -2.49. The van der Waals surface area contributed by atoms with E-state index in [2.05, 4.69) is 15.2 Å². The van der Waals surface area contributed by atoms with Crippen LogP contribution in [-0.4, -0.2) is 29.7 Å². The molecular formula is C28H29F6N3O. The highest BCUT2D eigenvalue weighted by Crippen LogP contribution is 2.39. The number of halogens is 6. The molecule has 2 aromatic carbocycles. The monoisotopic (exact) mass is 537 g/mol. The number of pyridine rings is 1. The molecule has 1 aliphatic rings. The van der Waals surface area contributed by atoms with Gasteiger partial charge in [-0.2, -0.15) is 26.3 Å². The summed E-state index contributed by atoms with van der Waals surface area (Å²) >= 11 is 0. The predicted octanol–water partition coefficient (Wildman–Crippen LogP) is 7.74. The van der Waals surface area contributed by atoms with Crippen LogP contribution in [0, 0.1) is 0 Å². The zero-order valence-electron chi connectivity index (χ0n) is 21.0. The van der Waals surface area contributed by atoms with Gasteiger partial charge in [-0.1, -0.05) is 24.3 Å². The molecule has 0 saturated carbocycles. The van der Waals surface area contributed by atoms with Crippen molar-refractivity contribution in [3.63, 3.8) is 0 Å². The first-order valence-electron chi connectivity index (χ1n) is 12.3. The van der Waals surface area contributed by atoms with E-state index in [4.69, 9.17) is 4.74 Å². The minimum absolute atomic E-state index is 0.0772. The predicted molar refractivity (Wildman–Crippen MR) is 134 cm³/mol. The van der Waals surface area contributed by atoms with E-state index in [1.165, 1.54) is 6.92 Å². The third-order valence-corrected chi connectivity index (χ3v) is 6.89. The van der Waals surface area contributed by atoms with Crippen LogP contribution in [0.3, 0.4) is 0 Å². The van der Waals surface area contributed by atoms with Gasteiger partial charge in [0, 0.05) is 24.5 Å². The molecule has 0 radical (unpaired) electrons. The lowest BCUT2D eigenvalue weighted by atomic mass is 9.86. The number of para-hydroxylation sites is 1. The van der Waals surface area contributed by atoms with E-state index < -0.39 is 35.1 Å². The number of anilines is 2. The number of benzene rings is 2. The van der Waals surface area contributed by atoms with Crippen LogP contribution in [0.1, 0.15) is 49.5 Å². The number of aromatic nitrogens is 1. The number of piperidine rings is 1. The molecule has 1 aromatic heterocycles. The van der Waals surface area contributed by atoms with Crippen LogP contribution in [0.25, 0.3) is 0 Å². The van der Waals surface area contributed by atoms with E-state index in [0.29, 0.717) is 13.0 Å². The van der Waals surface area contributed by atoms with Crippen LogP contribution in [0.4, 0.5) is 37.8 Å². The highest BCUT2D eigenvalue weighted by molar-refractivity contribution is 5.51. The SMILES string of the molecule is CC(OCC1(C)CCC(Nc2ccccn2)CN1c1ccccc1)c1cc(C(F)(F)F)cc(C(F)(F)F)c1. The Labute approximate surface area is 217 Å². The van der Waals surface area contributed by atoms with Gasteiger partial charge in [-0.25, -0.2) is 4.98 Å². The maximum Gasteiger partial charge on any atom is 0.416 e. The maximum atomic E-state index is 13.3. The minimum Gasteiger partial charge on any atom is -0.371 e. The van der Waals surface area contributed by atoms with Crippen molar-refractivity contribution in [3.8, 4) is 0 Å². The zero-order chi connectivity index (χ0) is 27.6. The molecular weight excluding hydrogens is 508 g/mol. The van der Waals surface area contributed by atoms with Crippen molar-refractivity contribution in [1.29, 1.82) is 0 Å². The van der Waals surface area contributed by atoms with Gasteiger partial charge in [0.15, 0.2) is 0 Å². The van der Waals surface area contributed by atoms with Gasteiger partial charge in [0.05, 0.1) is 29.4 Å². The van der Waals surface area contributed by atoms with Gasteiger partial charge < -0.3 is 15.0 Å². The lowest BCUT2D eigenvalue weighted by Crippen LogP contribution is -2.58. The molecule has 204 valence electrons. The van der Waals surface area contributed by atoms with E-state index in [1.807, 2.05) is 55.5 Å². The highest BCUT2D eigenvalue weighted by atomic mass is 19.4. The topological polar surface area (TPSA) is 37.4 Å². The molecule has 1 saturated heterocycles. The summed E-state index contributed by atoms with van der Waals surface area (Å²) in [6.07, 6.45) is -7.66. The molecule has 1 N–H and O–H groups in total. The third kappa shape index (κ3) is 6.59. The Kier molecular flexibility index (Phi) is 7.92. The molecule has 1 fully saturated rings. The average molecular weight is 538 g/mol. The van der Waals surface area contributed by atoms with Crippen molar-refractivity contribution in [2.45, 2.75) is 56.7 Å². The normalized spacial score (nSPS) is 21.3. The number of hydrogen-bond acceptors (Lipinski definition) is 4. The minimum atomic E-state index is -4.91. The first kappa shape index (κ1) is 27.8. The highest BCUT2D eigenvalue weighted by Gasteiger charge is 2.40. The quantitative estimate of drug-likeness (QED) is 0.313. The van der Waals surface area contributed by atoms with Crippen LogP contribution in [0.2, 0.25) is 0 Å². The smallest absolute Gasteiger partial charge is 0.371 e. The van der Waals surface area contributed by atoms with E-state index in [9.17, 15) is 26.3 Å². The van der Waals surface area contributed by atoms with Crippen LogP contribution >= 0.6 is 0 Å². The number of nitrogens with zero attached hydrogens (tertiary/aromatic N) is 2. The van der Waals surface area contributed by atoms with Gasteiger partial charge in [-0.3, -0.25) is 0 Å². The molecule has 3 aromatic rings. The number of nitrogens with one attached hydrogen (secondary N) is 1. The fraction of sp³-hybridized carbons (Fsp3) is 0.393. The summed E-state index contributed by atoms with van der Waals surface area (Å²) < 4.78 is 86.1. The Morgan fingerprint density at radius 3 is 2.18 bits per heavy atom. The zero-order valence-corrected chi connectivity index (χ0v) is 21.0. The fourth-order valence-corrected chi connectivity index (χ4v) is 4.72. The van der Waals surface area contributed by atoms with Crippen LogP contribution in [-0.2, 0) is 17.1 Å². The molecule has 2 heterocycles. The van der Waals surface area contributed by atoms with Crippen molar-refractivity contribution in [3.05, 3.63) is 89.6 Å². The van der Waals surface area contributed by atoms with Gasteiger partial charge in [0.2, 0.25) is 0 Å². The molecule has 38 heavy (non-hydrogen) atoms. The molecule has 0 bridgehead atoms. The van der Waals surface area contributed by atoms with E-state index in [0.717, 1.165) is 30.1 Å². The first-order chi connectivity index (χ1) is 17.8. The van der Waals surface area contributed by atoms with Crippen molar-refractivity contribution in [2.24, 2.45) is 0 Å².